The van der Waals surface area contributed by atoms with E-state index >= 15 is 0 Å². The molecule has 1 saturated heterocycles. The van der Waals surface area contributed by atoms with E-state index in [0.717, 1.165) is 24.2 Å². The van der Waals surface area contributed by atoms with E-state index < -0.39 is 0 Å². The van der Waals surface area contributed by atoms with Crippen LogP contribution in [-0.2, 0) is 11.3 Å². The number of nitrogens with zero attached hydrogens (tertiary/aromatic N) is 2. The van der Waals surface area contributed by atoms with Gasteiger partial charge in [0.05, 0.1) is 18.2 Å². The maximum Gasteiger partial charge on any atom is 0.222 e. The highest BCUT2D eigenvalue weighted by Crippen LogP contribution is 2.36. The van der Waals surface area contributed by atoms with Gasteiger partial charge >= 0.3 is 0 Å². The molecule has 1 atom stereocenters. The van der Waals surface area contributed by atoms with Gasteiger partial charge in [0.15, 0.2) is 0 Å². The van der Waals surface area contributed by atoms with Gasteiger partial charge in [0, 0.05) is 19.2 Å². The van der Waals surface area contributed by atoms with Gasteiger partial charge < -0.3 is 19.9 Å². The summed E-state index contributed by atoms with van der Waals surface area (Å²) in [6, 6.07) is 14.6. The van der Waals surface area contributed by atoms with Gasteiger partial charge in [-0.3, -0.25) is 4.79 Å². The number of nitrogens with one attached hydrogen (secondary N) is 1. The van der Waals surface area contributed by atoms with Gasteiger partial charge in [-0.2, -0.15) is 0 Å². The van der Waals surface area contributed by atoms with Crippen molar-refractivity contribution in [2.75, 3.05) is 37.7 Å². The molecule has 0 bridgehead atoms. The Kier molecular flexibility index (Phi) is 7.41. The van der Waals surface area contributed by atoms with Crippen molar-refractivity contribution in [3.63, 3.8) is 0 Å². The molecule has 0 aromatic heterocycles. The maximum atomic E-state index is 13.7. The second kappa shape index (κ2) is 10.6. The molecule has 31 heavy (non-hydrogen) atoms. The first-order valence-corrected chi connectivity index (χ1v) is 11.4. The van der Waals surface area contributed by atoms with E-state index in [1.165, 1.54) is 44.5 Å². The van der Waals surface area contributed by atoms with Crippen LogP contribution in [0.4, 0.5) is 10.1 Å². The minimum absolute atomic E-state index is 0.0378. The molecule has 0 unspecified atom stereocenters. The summed E-state index contributed by atoms with van der Waals surface area (Å²) in [5.74, 6) is 0.258. The van der Waals surface area contributed by atoms with E-state index in [4.69, 9.17) is 4.74 Å². The van der Waals surface area contributed by atoms with Crippen molar-refractivity contribution < 1.29 is 13.9 Å². The Bertz CT molecular complexity index is 855. The molecule has 1 fully saturated rings. The highest BCUT2D eigenvalue weighted by atomic mass is 19.1. The summed E-state index contributed by atoms with van der Waals surface area (Å²) in [7, 11) is 0. The molecule has 0 saturated carbocycles. The molecular weight excluding hydrogens is 393 g/mol. The predicted molar refractivity (Wildman–Crippen MR) is 121 cm³/mol. The maximum absolute atomic E-state index is 13.7. The van der Waals surface area contributed by atoms with Gasteiger partial charge in [-0.25, -0.2) is 4.39 Å². The summed E-state index contributed by atoms with van der Waals surface area (Å²) in [5.41, 5.74) is 1.98. The fraction of sp³-hybridized carbons (Fsp3) is 0.480. The van der Waals surface area contributed by atoms with Crippen molar-refractivity contribution >= 4 is 11.6 Å². The van der Waals surface area contributed by atoms with E-state index in [0.29, 0.717) is 31.9 Å². The van der Waals surface area contributed by atoms with Crippen LogP contribution in [0.2, 0.25) is 0 Å². The Morgan fingerprint density at radius 3 is 2.71 bits per heavy atom. The largest absolute Gasteiger partial charge is 0.489 e. The predicted octanol–water partition coefficient (Wildman–Crippen LogP) is 3.98. The Balaban J connectivity index is 1.35. The average Bonchev–Trinajstić information content (AvgIpc) is 2.79. The lowest BCUT2D eigenvalue weighted by molar-refractivity contribution is -0.121. The number of likely N-dealkylation sites (tertiary alicyclic amines) is 1. The fourth-order valence-corrected chi connectivity index (χ4v) is 4.48. The quantitative estimate of drug-likeness (QED) is 0.650. The molecule has 0 spiro atoms. The molecule has 6 heteroatoms. The first-order valence-electron chi connectivity index (χ1n) is 11.4. The van der Waals surface area contributed by atoms with Crippen molar-refractivity contribution in [2.45, 2.75) is 44.7 Å². The van der Waals surface area contributed by atoms with E-state index in [1.807, 2.05) is 18.2 Å². The number of ether oxygens (including phenoxy) is 1. The van der Waals surface area contributed by atoms with Gasteiger partial charge in [-0.1, -0.05) is 36.8 Å². The highest BCUT2D eigenvalue weighted by Gasteiger charge is 2.29. The molecule has 2 aromatic carbocycles. The van der Waals surface area contributed by atoms with Crippen LogP contribution in [0.15, 0.2) is 48.5 Å². The van der Waals surface area contributed by atoms with Crippen LogP contribution in [-0.4, -0.2) is 49.6 Å². The third-order valence-corrected chi connectivity index (χ3v) is 6.14. The van der Waals surface area contributed by atoms with Crippen LogP contribution in [0, 0.1) is 5.82 Å². The van der Waals surface area contributed by atoms with Gasteiger partial charge in [0.1, 0.15) is 18.2 Å². The number of hydrogen-bond donors (Lipinski definition) is 1. The minimum Gasteiger partial charge on any atom is -0.489 e. The van der Waals surface area contributed by atoms with E-state index in [2.05, 4.69) is 27.2 Å². The molecule has 2 aliphatic rings. The number of fused-ring (bicyclic) bond motifs is 1. The standard InChI is InChI=1S/C25H32FN3O2/c26-21-10-11-23-24(16-21)31-19-22(29(23)18-20-8-3-1-4-9-20)17-25(30)27-12-7-15-28-13-5-2-6-14-28/h1,3-4,8-11,16,22H,2,5-7,12-15,17-19H2,(H,27,30)/t22-/m1/s1. The number of halogens is 1. The first-order chi connectivity index (χ1) is 15.2. The fourth-order valence-electron chi connectivity index (χ4n) is 4.48. The highest BCUT2D eigenvalue weighted by molar-refractivity contribution is 5.77. The number of amides is 1. The molecular formula is C25H32FN3O2. The minimum atomic E-state index is -0.316. The zero-order valence-electron chi connectivity index (χ0n) is 18.1. The summed E-state index contributed by atoms with van der Waals surface area (Å²) in [4.78, 5) is 17.3. The second-order valence-electron chi connectivity index (χ2n) is 8.50. The molecule has 0 aliphatic carbocycles. The third kappa shape index (κ3) is 5.97. The Morgan fingerprint density at radius 1 is 1.10 bits per heavy atom. The lowest BCUT2D eigenvalue weighted by Crippen LogP contribution is -2.45. The van der Waals surface area contributed by atoms with Gasteiger partial charge in [-0.05, 0) is 56.6 Å². The normalized spacial score (nSPS) is 18.9. The molecule has 2 aromatic rings. The van der Waals surface area contributed by atoms with Crippen LogP contribution in [0.25, 0.3) is 0 Å². The summed E-state index contributed by atoms with van der Waals surface area (Å²) in [6.45, 7) is 5.12. The molecule has 1 N–H and O–H groups in total. The number of rotatable bonds is 8. The zero-order chi connectivity index (χ0) is 21.5. The van der Waals surface area contributed by atoms with E-state index in [1.54, 1.807) is 6.07 Å². The van der Waals surface area contributed by atoms with Crippen molar-refractivity contribution in [3.05, 3.63) is 59.9 Å². The molecule has 2 aliphatic heterocycles. The average molecular weight is 426 g/mol. The Hall–Kier alpha value is -2.60. The van der Waals surface area contributed by atoms with Crippen molar-refractivity contribution in [1.29, 1.82) is 0 Å². The lowest BCUT2D eigenvalue weighted by atomic mass is 10.1. The smallest absolute Gasteiger partial charge is 0.222 e. The van der Waals surface area contributed by atoms with Gasteiger partial charge in [-0.15, -0.1) is 0 Å². The molecule has 2 heterocycles. The van der Waals surface area contributed by atoms with Crippen molar-refractivity contribution in [2.24, 2.45) is 0 Å². The number of hydrogen-bond acceptors (Lipinski definition) is 4. The topological polar surface area (TPSA) is 44.8 Å². The van der Waals surface area contributed by atoms with Crippen molar-refractivity contribution in [1.82, 2.24) is 10.2 Å². The lowest BCUT2D eigenvalue weighted by Gasteiger charge is -2.38. The van der Waals surface area contributed by atoms with E-state index in [9.17, 15) is 9.18 Å². The summed E-state index contributed by atoms with van der Waals surface area (Å²) >= 11 is 0. The SMILES string of the molecule is O=C(C[C@@H]1COc2cc(F)ccc2N1Cc1ccccc1)NCCCN1CCCCC1. The number of benzene rings is 2. The van der Waals surface area contributed by atoms with E-state index in [-0.39, 0.29) is 17.8 Å². The van der Waals surface area contributed by atoms with Crippen LogP contribution in [0.1, 0.15) is 37.7 Å². The first kappa shape index (κ1) is 21.6. The second-order valence-corrected chi connectivity index (χ2v) is 8.50. The van der Waals surface area contributed by atoms with Gasteiger partial charge in [0.2, 0.25) is 5.91 Å². The van der Waals surface area contributed by atoms with Crippen LogP contribution < -0.4 is 15.0 Å². The molecule has 5 nitrogen and oxygen atoms in total. The van der Waals surface area contributed by atoms with Crippen molar-refractivity contribution in [3.8, 4) is 5.75 Å². The third-order valence-electron chi connectivity index (χ3n) is 6.14. The molecule has 166 valence electrons. The number of piperidine rings is 1. The monoisotopic (exact) mass is 425 g/mol. The Labute approximate surface area is 184 Å². The molecule has 0 radical (unpaired) electrons. The summed E-state index contributed by atoms with van der Waals surface area (Å²) < 4.78 is 19.5. The number of carbonyl (C=O) groups is 1. The number of carbonyl (C=O) groups excluding carboxylic acids is 1. The molecule has 1 amide bonds. The Morgan fingerprint density at radius 2 is 1.90 bits per heavy atom. The summed E-state index contributed by atoms with van der Waals surface area (Å²) in [6.07, 6.45) is 5.25. The summed E-state index contributed by atoms with van der Waals surface area (Å²) in [5, 5.41) is 3.08. The molecule has 4 rings (SSSR count). The number of anilines is 1. The van der Waals surface area contributed by atoms with Gasteiger partial charge in [0.25, 0.3) is 0 Å². The van der Waals surface area contributed by atoms with Crippen LogP contribution >= 0.6 is 0 Å². The van der Waals surface area contributed by atoms with Crippen LogP contribution in [0.5, 0.6) is 5.75 Å². The van der Waals surface area contributed by atoms with Crippen LogP contribution in [0.3, 0.4) is 0 Å². The zero-order valence-corrected chi connectivity index (χ0v) is 18.1.